The van der Waals surface area contributed by atoms with Gasteiger partial charge in [0.25, 0.3) is 0 Å². The topological polar surface area (TPSA) is 78.9 Å². The molecule has 0 aromatic rings. The highest BCUT2D eigenvalue weighted by Gasteiger charge is 2.19. The summed E-state index contributed by atoms with van der Waals surface area (Å²) in [5, 5.41) is 0. The average molecular weight is 915 g/mol. The number of hydrogen-bond donors (Lipinski definition) is 0. The highest BCUT2D eigenvalue weighted by atomic mass is 16.6. The first-order valence-corrected chi connectivity index (χ1v) is 26.9. The van der Waals surface area contributed by atoms with E-state index < -0.39 is 6.10 Å². The van der Waals surface area contributed by atoms with Crippen molar-refractivity contribution in [3.63, 3.8) is 0 Å². The lowest BCUT2D eigenvalue weighted by Gasteiger charge is -2.18. The molecule has 0 saturated heterocycles. The van der Waals surface area contributed by atoms with E-state index in [1.54, 1.807) is 0 Å². The zero-order valence-corrected chi connectivity index (χ0v) is 42.7. The van der Waals surface area contributed by atoms with E-state index in [0.717, 1.165) is 116 Å². The zero-order valence-electron chi connectivity index (χ0n) is 42.7. The molecule has 0 unspecified atom stereocenters. The van der Waals surface area contributed by atoms with Crippen LogP contribution in [0.25, 0.3) is 0 Å². The summed E-state index contributed by atoms with van der Waals surface area (Å²) < 4.78 is 16.8. The first-order valence-electron chi connectivity index (χ1n) is 26.9. The summed E-state index contributed by atoms with van der Waals surface area (Å²) in [6, 6.07) is 0. The molecule has 0 aliphatic carbocycles. The highest BCUT2D eigenvalue weighted by molar-refractivity contribution is 5.71. The van der Waals surface area contributed by atoms with Crippen LogP contribution in [0.2, 0.25) is 0 Å². The maximum atomic E-state index is 12.8. The number of carbonyl (C=O) groups is 3. The predicted molar refractivity (Wildman–Crippen MR) is 283 cm³/mol. The Bertz CT molecular complexity index is 1370. The fourth-order valence-corrected chi connectivity index (χ4v) is 6.93. The number of hydrogen-bond acceptors (Lipinski definition) is 6. The Morgan fingerprint density at radius 3 is 1.03 bits per heavy atom. The lowest BCUT2D eigenvalue weighted by molar-refractivity contribution is -0.167. The largest absolute Gasteiger partial charge is 0.462 e. The second-order valence-electron chi connectivity index (χ2n) is 17.4. The highest BCUT2D eigenvalue weighted by Crippen LogP contribution is 2.13. The molecule has 6 nitrogen and oxygen atoms in total. The second-order valence-corrected chi connectivity index (χ2v) is 17.4. The molecule has 0 aliphatic heterocycles. The molecule has 0 radical (unpaired) electrons. The number of unbranched alkanes of at least 4 members (excludes halogenated alkanes) is 18. The van der Waals surface area contributed by atoms with E-state index in [2.05, 4.69) is 130 Å². The fraction of sp³-hybridized carbons (Fsp3) is 0.650. The van der Waals surface area contributed by atoms with Gasteiger partial charge in [0, 0.05) is 19.3 Å². The summed E-state index contributed by atoms with van der Waals surface area (Å²) in [5.41, 5.74) is 0. The molecule has 374 valence electrons. The van der Waals surface area contributed by atoms with E-state index in [1.807, 2.05) is 0 Å². The molecular weight excluding hydrogens is 817 g/mol. The Kier molecular flexibility index (Phi) is 50.5. The molecule has 0 aromatic carbocycles. The molecule has 0 bridgehead atoms. The van der Waals surface area contributed by atoms with Crippen LogP contribution >= 0.6 is 0 Å². The van der Waals surface area contributed by atoms with Crippen LogP contribution in [-0.4, -0.2) is 37.2 Å². The molecule has 0 N–H and O–H groups in total. The number of rotatable bonds is 47. The van der Waals surface area contributed by atoms with Crippen LogP contribution in [-0.2, 0) is 28.6 Å². The van der Waals surface area contributed by atoms with Crippen molar-refractivity contribution < 1.29 is 28.6 Å². The molecule has 0 saturated carbocycles. The van der Waals surface area contributed by atoms with Gasteiger partial charge in [-0.05, 0) is 116 Å². The van der Waals surface area contributed by atoms with Crippen molar-refractivity contribution in [1.82, 2.24) is 0 Å². The molecule has 1 atom stereocenters. The van der Waals surface area contributed by atoms with Gasteiger partial charge in [-0.2, -0.15) is 0 Å². The minimum Gasteiger partial charge on any atom is -0.462 e. The van der Waals surface area contributed by atoms with Gasteiger partial charge in [-0.1, -0.05) is 207 Å². The van der Waals surface area contributed by atoms with Gasteiger partial charge in [0.2, 0.25) is 0 Å². The quantitative estimate of drug-likeness (QED) is 0.0262. The Labute approximate surface area is 406 Å². The zero-order chi connectivity index (χ0) is 47.9. The normalized spacial score (nSPS) is 13.0. The standard InChI is InChI=1S/C60H98O6/c1-4-7-10-13-16-19-22-25-28-30-32-35-38-41-44-47-50-53-59(62)65-56-57(55-64-58(61)52-49-46-43-40-37-34-27-24-21-18-15-12-9-6-3)66-60(63)54-51-48-45-42-39-36-33-31-29-26-23-20-17-14-11-8-5-2/h7,10,15-20,24-29,32,35,41,44,57H,4-6,8-9,11-14,21-23,30-31,33-34,36-40,42-43,45-56H2,1-3H3/b10-7-,18-15-,19-16-,20-17-,27-24-,28-25-,29-26-,35-32-,44-41-/t57-/m1/s1. The summed E-state index contributed by atoms with van der Waals surface area (Å²) in [6.45, 7) is 6.38. The van der Waals surface area contributed by atoms with E-state index in [1.165, 1.54) is 70.6 Å². The van der Waals surface area contributed by atoms with Crippen molar-refractivity contribution in [1.29, 1.82) is 0 Å². The van der Waals surface area contributed by atoms with Crippen molar-refractivity contribution in [2.24, 2.45) is 0 Å². The molecule has 0 aromatic heterocycles. The van der Waals surface area contributed by atoms with Crippen LogP contribution < -0.4 is 0 Å². The number of esters is 3. The Morgan fingerprint density at radius 1 is 0.318 bits per heavy atom. The van der Waals surface area contributed by atoms with Gasteiger partial charge in [0.1, 0.15) is 13.2 Å². The lowest BCUT2D eigenvalue weighted by Crippen LogP contribution is -2.30. The summed E-state index contributed by atoms with van der Waals surface area (Å²) >= 11 is 0. The van der Waals surface area contributed by atoms with Crippen LogP contribution in [0.1, 0.15) is 233 Å². The molecular formula is C60H98O6. The summed E-state index contributed by atoms with van der Waals surface area (Å²) in [6.07, 6.45) is 72.1. The third-order valence-electron chi connectivity index (χ3n) is 11.0. The van der Waals surface area contributed by atoms with Crippen LogP contribution in [0, 0.1) is 0 Å². The van der Waals surface area contributed by atoms with Crippen molar-refractivity contribution in [2.75, 3.05) is 13.2 Å². The van der Waals surface area contributed by atoms with E-state index in [4.69, 9.17) is 14.2 Å². The lowest BCUT2D eigenvalue weighted by atomic mass is 10.1. The number of carbonyl (C=O) groups excluding carboxylic acids is 3. The predicted octanol–water partition coefficient (Wildman–Crippen LogP) is 17.9. The Morgan fingerprint density at radius 2 is 0.621 bits per heavy atom. The van der Waals surface area contributed by atoms with Crippen LogP contribution in [0.15, 0.2) is 109 Å². The van der Waals surface area contributed by atoms with E-state index in [0.29, 0.717) is 19.3 Å². The van der Waals surface area contributed by atoms with Crippen LogP contribution in [0.4, 0.5) is 0 Å². The van der Waals surface area contributed by atoms with Crippen LogP contribution in [0.3, 0.4) is 0 Å². The molecule has 66 heavy (non-hydrogen) atoms. The van der Waals surface area contributed by atoms with Gasteiger partial charge in [-0.3, -0.25) is 14.4 Å². The summed E-state index contributed by atoms with van der Waals surface area (Å²) in [4.78, 5) is 38.0. The van der Waals surface area contributed by atoms with Crippen molar-refractivity contribution >= 4 is 17.9 Å². The van der Waals surface area contributed by atoms with Gasteiger partial charge in [-0.25, -0.2) is 0 Å². The molecule has 0 fully saturated rings. The van der Waals surface area contributed by atoms with Gasteiger partial charge < -0.3 is 14.2 Å². The van der Waals surface area contributed by atoms with Gasteiger partial charge >= 0.3 is 17.9 Å². The van der Waals surface area contributed by atoms with E-state index in [-0.39, 0.29) is 37.5 Å². The minimum atomic E-state index is -0.813. The summed E-state index contributed by atoms with van der Waals surface area (Å²) in [7, 11) is 0. The van der Waals surface area contributed by atoms with E-state index >= 15 is 0 Å². The molecule has 0 amide bonds. The smallest absolute Gasteiger partial charge is 0.306 e. The number of allylic oxidation sites excluding steroid dienone is 18. The maximum absolute atomic E-state index is 12.8. The van der Waals surface area contributed by atoms with E-state index in [9.17, 15) is 14.4 Å². The fourth-order valence-electron chi connectivity index (χ4n) is 6.93. The number of ether oxygens (including phenoxy) is 3. The second kappa shape index (κ2) is 53.7. The molecule has 0 rings (SSSR count). The minimum absolute atomic E-state index is 0.108. The average Bonchev–Trinajstić information content (AvgIpc) is 3.31. The Balaban J connectivity index is 4.52. The van der Waals surface area contributed by atoms with Crippen molar-refractivity contribution in [3.8, 4) is 0 Å². The first-order chi connectivity index (χ1) is 32.5. The van der Waals surface area contributed by atoms with Gasteiger partial charge in [0.15, 0.2) is 6.10 Å². The SMILES string of the molecule is CC/C=C\C/C=C\C/C=C\C/C=C\C/C=C\CCCC(=O)OC[C@@H](COC(=O)CCCCCCC/C=C\C/C=C\CCCC)OC(=O)CCCCCCCCC/C=C\C/C=C\CCCCC. The summed E-state index contributed by atoms with van der Waals surface area (Å²) in [5.74, 6) is -0.993. The molecule has 0 heterocycles. The monoisotopic (exact) mass is 915 g/mol. The first kappa shape index (κ1) is 62.1. The Hall–Kier alpha value is -3.93. The van der Waals surface area contributed by atoms with Crippen molar-refractivity contribution in [2.45, 2.75) is 239 Å². The van der Waals surface area contributed by atoms with Gasteiger partial charge in [0.05, 0.1) is 0 Å². The molecule has 0 aliphatic rings. The van der Waals surface area contributed by atoms with Crippen LogP contribution in [0.5, 0.6) is 0 Å². The van der Waals surface area contributed by atoms with Gasteiger partial charge in [-0.15, -0.1) is 0 Å². The molecule has 0 spiro atoms. The third kappa shape index (κ3) is 51.1. The van der Waals surface area contributed by atoms with Crippen molar-refractivity contribution in [3.05, 3.63) is 109 Å². The third-order valence-corrected chi connectivity index (χ3v) is 11.0. The molecule has 6 heteroatoms. The maximum Gasteiger partial charge on any atom is 0.306 e.